The molecule has 0 radical (unpaired) electrons. The van der Waals surface area contributed by atoms with Crippen LogP contribution in [0.1, 0.15) is 13.8 Å². The third kappa shape index (κ3) is 2.76. The molecule has 0 aliphatic carbocycles. The maximum atomic E-state index is 11.6. The minimum Gasteiger partial charge on any atom is -0.321 e. The first kappa shape index (κ1) is 11.6. The van der Waals surface area contributed by atoms with Gasteiger partial charge in [0, 0.05) is 0 Å². The largest absolute Gasteiger partial charge is 0.321 e. The number of likely N-dealkylation sites (N-methyl/N-ethyl adjacent to an activating group) is 1. The molecule has 15 heavy (non-hydrogen) atoms. The zero-order valence-corrected chi connectivity index (χ0v) is 8.87. The molecule has 1 saturated heterocycles. The first-order valence-corrected chi connectivity index (χ1v) is 4.90. The highest BCUT2D eigenvalue weighted by molar-refractivity contribution is 6.04. The molecule has 1 aliphatic heterocycles. The summed E-state index contributed by atoms with van der Waals surface area (Å²) in [5.74, 6) is -1.08. The van der Waals surface area contributed by atoms with Gasteiger partial charge in [0.25, 0.3) is 0 Å². The highest BCUT2D eigenvalue weighted by Crippen LogP contribution is 2.04. The molecule has 0 saturated carbocycles. The molecule has 3 amide bonds. The Kier molecular flexibility index (Phi) is 3.79. The molecule has 0 bridgehead atoms. The quantitative estimate of drug-likeness (QED) is 0.557. The molecule has 1 rings (SSSR count). The van der Waals surface area contributed by atoms with Crippen molar-refractivity contribution < 1.29 is 14.4 Å². The molecule has 0 aromatic carbocycles. The van der Waals surface area contributed by atoms with Crippen LogP contribution >= 0.6 is 0 Å². The van der Waals surface area contributed by atoms with E-state index < -0.39 is 17.9 Å². The topological polar surface area (TPSA) is 78.5 Å². The molecule has 1 fully saturated rings. The number of nitrogens with one attached hydrogen (secondary N) is 2. The van der Waals surface area contributed by atoms with Gasteiger partial charge in [-0.15, -0.1) is 0 Å². The SMILES string of the molecule is CCNCC(=O)N1CC(=O)NC(=O)C1C. The van der Waals surface area contributed by atoms with Crippen LogP contribution in [0.15, 0.2) is 0 Å². The van der Waals surface area contributed by atoms with Crippen LogP contribution in [-0.2, 0) is 14.4 Å². The Labute approximate surface area is 88.0 Å². The molecule has 6 heteroatoms. The van der Waals surface area contributed by atoms with Gasteiger partial charge in [-0.1, -0.05) is 6.92 Å². The van der Waals surface area contributed by atoms with Crippen LogP contribution in [0.2, 0.25) is 0 Å². The van der Waals surface area contributed by atoms with Crippen LogP contribution in [0.4, 0.5) is 0 Å². The number of carbonyl (C=O) groups is 3. The molecule has 84 valence electrons. The Morgan fingerprint density at radius 2 is 2.27 bits per heavy atom. The summed E-state index contributed by atoms with van der Waals surface area (Å²) in [4.78, 5) is 35.2. The Morgan fingerprint density at radius 1 is 1.60 bits per heavy atom. The lowest BCUT2D eigenvalue weighted by molar-refractivity contribution is -0.148. The van der Waals surface area contributed by atoms with E-state index in [0.717, 1.165) is 0 Å². The van der Waals surface area contributed by atoms with Gasteiger partial charge in [0.05, 0.1) is 6.54 Å². The second kappa shape index (κ2) is 4.88. The summed E-state index contributed by atoms with van der Waals surface area (Å²) < 4.78 is 0. The molecule has 2 N–H and O–H groups in total. The van der Waals surface area contributed by atoms with Crippen LogP contribution < -0.4 is 10.6 Å². The average Bonchev–Trinajstić information content (AvgIpc) is 2.19. The summed E-state index contributed by atoms with van der Waals surface area (Å²) in [7, 11) is 0. The molecule has 6 nitrogen and oxygen atoms in total. The van der Waals surface area contributed by atoms with Crippen LogP contribution in [0, 0.1) is 0 Å². The van der Waals surface area contributed by atoms with E-state index in [1.165, 1.54) is 4.90 Å². The van der Waals surface area contributed by atoms with Crippen LogP contribution in [0.5, 0.6) is 0 Å². The van der Waals surface area contributed by atoms with Crippen molar-refractivity contribution in [2.45, 2.75) is 19.9 Å². The second-order valence-corrected chi connectivity index (χ2v) is 3.39. The van der Waals surface area contributed by atoms with E-state index in [4.69, 9.17) is 0 Å². The molecular weight excluding hydrogens is 198 g/mol. The van der Waals surface area contributed by atoms with Gasteiger partial charge in [0.1, 0.15) is 12.6 Å². The predicted octanol–water partition coefficient (Wildman–Crippen LogP) is -1.53. The molecular formula is C9H15N3O3. The summed E-state index contributed by atoms with van der Waals surface area (Å²) in [6.45, 7) is 4.27. The van der Waals surface area contributed by atoms with Crippen molar-refractivity contribution in [3.05, 3.63) is 0 Å². The van der Waals surface area contributed by atoms with Crippen molar-refractivity contribution >= 4 is 17.7 Å². The minimum absolute atomic E-state index is 0.0445. The molecule has 0 aromatic rings. The van der Waals surface area contributed by atoms with Crippen molar-refractivity contribution in [2.24, 2.45) is 0 Å². The lowest BCUT2D eigenvalue weighted by atomic mass is 10.2. The molecule has 1 atom stereocenters. The predicted molar refractivity (Wildman–Crippen MR) is 52.9 cm³/mol. The number of piperazine rings is 1. The summed E-state index contributed by atoms with van der Waals surface area (Å²) >= 11 is 0. The maximum Gasteiger partial charge on any atom is 0.249 e. The van der Waals surface area contributed by atoms with Gasteiger partial charge in [0.2, 0.25) is 17.7 Å². The van der Waals surface area contributed by atoms with Gasteiger partial charge in [-0.2, -0.15) is 0 Å². The fourth-order valence-corrected chi connectivity index (χ4v) is 1.35. The van der Waals surface area contributed by atoms with E-state index in [1.54, 1.807) is 6.92 Å². The van der Waals surface area contributed by atoms with Crippen molar-refractivity contribution in [1.29, 1.82) is 0 Å². The molecule has 0 spiro atoms. The standard InChI is InChI=1S/C9H15N3O3/c1-3-10-4-8(14)12-5-7(13)11-9(15)6(12)2/h6,10H,3-5H2,1-2H3,(H,11,13,15). The van der Waals surface area contributed by atoms with Crippen molar-refractivity contribution in [3.63, 3.8) is 0 Å². The van der Waals surface area contributed by atoms with Crippen LogP contribution in [0.3, 0.4) is 0 Å². The van der Waals surface area contributed by atoms with E-state index >= 15 is 0 Å². The Hall–Kier alpha value is -1.43. The van der Waals surface area contributed by atoms with Gasteiger partial charge in [-0.05, 0) is 13.5 Å². The monoisotopic (exact) mass is 213 g/mol. The van der Waals surface area contributed by atoms with Gasteiger partial charge in [0.15, 0.2) is 0 Å². The molecule has 1 aliphatic rings. The normalized spacial score (nSPS) is 21.5. The number of nitrogens with zero attached hydrogens (tertiary/aromatic N) is 1. The van der Waals surface area contributed by atoms with E-state index in [-0.39, 0.29) is 19.0 Å². The van der Waals surface area contributed by atoms with Gasteiger partial charge >= 0.3 is 0 Å². The molecule has 1 unspecified atom stereocenters. The Balaban J connectivity index is 2.62. The van der Waals surface area contributed by atoms with E-state index in [0.29, 0.717) is 6.54 Å². The van der Waals surface area contributed by atoms with Crippen molar-refractivity contribution in [2.75, 3.05) is 19.6 Å². The summed E-state index contributed by atoms with van der Waals surface area (Å²) in [5.41, 5.74) is 0. The first-order chi connectivity index (χ1) is 7.06. The number of amides is 3. The van der Waals surface area contributed by atoms with Gasteiger partial charge in [-0.25, -0.2) is 0 Å². The van der Waals surface area contributed by atoms with E-state index in [1.807, 2.05) is 6.92 Å². The van der Waals surface area contributed by atoms with Crippen LogP contribution in [0.25, 0.3) is 0 Å². The highest BCUT2D eigenvalue weighted by atomic mass is 16.2. The number of rotatable bonds is 3. The van der Waals surface area contributed by atoms with Gasteiger partial charge < -0.3 is 10.2 Å². The molecule has 0 aromatic heterocycles. The van der Waals surface area contributed by atoms with Crippen molar-refractivity contribution in [3.8, 4) is 0 Å². The fraction of sp³-hybridized carbons (Fsp3) is 0.667. The van der Waals surface area contributed by atoms with Crippen molar-refractivity contribution in [1.82, 2.24) is 15.5 Å². The summed E-state index contributed by atoms with van der Waals surface area (Å²) in [6.07, 6.45) is 0. The molecule has 1 heterocycles. The summed E-state index contributed by atoms with van der Waals surface area (Å²) in [5, 5.41) is 5.04. The van der Waals surface area contributed by atoms with Crippen LogP contribution in [-0.4, -0.2) is 48.3 Å². The third-order valence-corrected chi connectivity index (χ3v) is 2.27. The smallest absolute Gasteiger partial charge is 0.249 e. The lowest BCUT2D eigenvalue weighted by Gasteiger charge is -2.31. The Morgan fingerprint density at radius 3 is 2.87 bits per heavy atom. The summed E-state index contributed by atoms with van der Waals surface area (Å²) in [6, 6.07) is -0.575. The highest BCUT2D eigenvalue weighted by Gasteiger charge is 2.32. The average molecular weight is 213 g/mol. The maximum absolute atomic E-state index is 11.6. The minimum atomic E-state index is -0.575. The second-order valence-electron chi connectivity index (χ2n) is 3.39. The van der Waals surface area contributed by atoms with Gasteiger partial charge in [-0.3, -0.25) is 19.7 Å². The zero-order chi connectivity index (χ0) is 11.4. The van der Waals surface area contributed by atoms with E-state index in [2.05, 4.69) is 10.6 Å². The Bertz CT molecular complexity index is 290. The zero-order valence-electron chi connectivity index (χ0n) is 8.87. The third-order valence-electron chi connectivity index (χ3n) is 2.27. The number of carbonyl (C=O) groups excluding carboxylic acids is 3. The number of hydrogen-bond acceptors (Lipinski definition) is 4. The lowest BCUT2D eigenvalue weighted by Crippen LogP contribution is -2.59. The first-order valence-electron chi connectivity index (χ1n) is 4.90. The van der Waals surface area contributed by atoms with E-state index in [9.17, 15) is 14.4 Å². The fourth-order valence-electron chi connectivity index (χ4n) is 1.35. The number of hydrogen-bond donors (Lipinski definition) is 2. The number of imide groups is 1.